The molecule has 3 aromatic rings. The number of methoxy groups -OCH3 is 2. The quantitative estimate of drug-likeness (QED) is 0.495. The molecule has 1 aliphatic heterocycles. The highest BCUT2D eigenvalue weighted by molar-refractivity contribution is 7.12. The van der Waals surface area contributed by atoms with Crippen LogP contribution in [-0.2, 0) is 17.8 Å². The highest BCUT2D eigenvalue weighted by Gasteiger charge is 2.29. The molecule has 4 rings (SSSR count). The third-order valence-electron chi connectivity index (χ3n) is 6.17. The van der Waals surface area contributed by atoms with Crippen LogP contribution in [0.1, 0.15) is 20.8 Å². The molecule has 0 aliphatic carbocycles. The number of rotatable bonds is 9. The molecule has 2 amide bonds. The van der Waals surface area contributed by atoms with Gasteiger partial charge in [-0.2, -0.15) is 0 Å². The van der Waals surface area contributed by atoms with Crippen LogP contribution in [0.15, 0.2) is 66.0 Å². The highest BCUT2D eigenvalue weighted by Crippen LogP contribution is 2.28. The van der Waals surface area contributed by atoms with Crippen molar-refractivity contribution in [3.63, 3.8) is 0 Å². The Balaban J connectivity index is 1.38. The lowest BCUT2D eigenvalue weighted by Gasteiger charge is -2.36. The first-order valence-electron chi connectivity index (χ1n) is 11.7. The summed E-state index contributed by atoms with van der Waals surface area (Å²) in [6.07, 6.45) is 0.461. The third-order valence-corrected chi connectivity index (χ3v) is 7.04. The SMILES string of the molecule is COc1ccc(CN2CCN(C(=O)[C@H](Cc3ccccc3)NC(=O)c3cccs3)CC2)cc1OC. The lowest BCUT2D eigenvalue weighted by atomic mass is 10.0. The number of hydrogen-bond donors (Lipinski definition) is 1. The predicted octanol–water partition coefficient (Wildman–Crippen LogP) is 3.45. The number of nitrogens with zero attached hydrogens (tertiary/aromatic N) is 2. The zero-order valence-corrected chi connectivity index (χ0v) is 20.9. The van der Waals surface area contributed by atoms with Gasteiger partial charge in [-0.1, -0.05) is 42.5 Å². The fourth-order valence-electron chi connectivity index (χ4n) is 4.27. The molecule has 0 bridgehead atoms. The smallest absolute Gasteiger partial charge is 0.262 e. The van der Waals surface area contributed by atoms with E-state index in [9.17, 15) is 9.59 Å². The fraction of sp³-hybridized carbons (Fsp3) is 0.333. The maximum atomic E-state index is 13.5. The van der Waals surface area contributed by atoms with Crippen molar-refractivity contribution in [1.82, 2.24) is 15.1 Å². The van der Waals surface area contributed by atoms with E-state index < -0.39 is 6.04 Å². The molecule has 1 N–H and O–H groups in total. The van der Waals surface area contributed by atoms with E-state index in [1.165, 1.54) is 11.3 Å². The van der Waals surface area contributed by atoms with E-state index >= 15 is 0 Å². The van der Waals surface area contributed by atoms with Gasteiger partial charge in [0.1, 0.15) is 6.04 Å². The van der Waals surface area contributed by atoms with Gasteiger partial charge < -0.3 is 19.7 Å². The summed E-state index contributed by atoms with van der Waals surface area (Å²) < 4.78 is 10.7. The fourth-order valence-corrected chi connectivity index (χ4v) is 4.90. The van der Waals surface area contributed by atoms with E-state index in [2.05, 4.69) is 10.2 Å². The average Bonchev–Trinajstić information content (AvgIpc) is 3.44. The maximum absolute atomic E-state index is 13.5. The van der Waals surface area contributed by atoms with E-state index in [4.69, 9.17) is 9.47 Å². The second-order valence-electron chi connectivity index (χ2n) is 8.48. The van der Waals surface area contributed by atoms with Crippen LogP contribution in [0.4, 0.5) is 0 Å². The number of nitrogens with one attached hydrogen (secondary N) is 1. The standard InChI is InChI=1S/C27H31N3O4S/c1-33-23-11-10-21(18-24(23)34-2)19-29-12-14-30(15-13-29)27(32)22(17-20-7-4-3-5-8-20)28-26(31)25-9-6-16-35-25/h3-11,16,18,22H,12-15,17,19H2,1-2H3,(H,28,31)/t22-/m0/s1. The molecule has 7 nitrogen and oxygen atoms in total. The van der Waals surface area contributed by atoms with Crippen molar-refractivity contribution < 1.29 is 19.1 Å². The number of carbonyl (C=O) groups is 2. The van der Waals surface area contributed by atoms with Crippen LogP contribution >= 0.6 is 11.3 Å². The topological polar surface area (TPSA) is 71.1 Å². The molecule has 0 radical (unpaired) electrons. The highest BCUT2D eigenvalue weighted by atomic mass is 32.1. The molecule has 8 heteroatoms. The van der Waals surface area contributed by atoms with Crippen LogP contribution in [0.2, 0.25) is 0 Å². The van der Waals surface area contributed by atoms with Gasteiger partial charge in [-0.25, -0.2) is 0 Å². The van der Waals surface area contributed by atoms with Gasteiger partial charge in [0.05, 0.1) is 19.1 Å². The summed E-state index contributed by atoms with van der Waals surface area (Å²) in [5.41, 5.74) is 2.15. The molecule has 184 valence electrons. The molecular formula is C27H31N3O4S. The Morgan fingerprint density at radius 3 is 2.31 bits per heavy atom. The van der Waals surface area contributed by atoms with Gasteiger partial charge in [0.15, 0.2) is 11.5 Å². The summed E-state index contributed by atoms with van der Waals surface area (Å²) in [5.74, 6) is 1.18. The Morgan fingerprint density at radius 2 is 1.66 bits per heavy atom. The minimum Gasteiger partial charge on any atom is -0.493 e. The normalized spacial score (nSPS) is 14.9. The molecule has 0 unspecified atom stereocenters. The second kappa shape index (κ2) is 11.9. The summed E-state index contributed by atoms with van der Waals surface area (Å²) in [6, 6.07) is 18.8. The van der Waals surface area contributed by atoms with Crippen LogP contribution in [0.25, 0.3) is 0 Å². The van der Waals surface area contributed by atoms with Gasteiger partial charge >= 0.3 is 0 Å². The number of hydrogen-bond acceptors (Lipinski definition) is 6. The van der Waals surface area contributed by atoms with Crippen LogP contribution in [0.5, 0.6) is 11.5 Å². The lowest BCUT2D eigenvalue weighted by molar-refractivity contribution is -0.135. The molecule has 1 aliphatic rings. The molecule has 1 aromatic heterocycles. The summed E-state index contributed by atoms with van der Waals surface area (Å²) in [4.78, 5) is 31.0. The molecule has 0 spiro atoms. The second-order valence-corrected chi connectivity index (χ2v) is 9.43. The van der Waals surface area contributed by atoms with Crippen molar-refractivity contribution in [3.8, 4) is 11.5 Å². The minimum absolute atomic E-state index is 0.0375. The third kappa shape index (κ3) is 6.41. The van der Waals surface area contributed by atoms with Gasteiger partial charge in [-0.3, -0.25) is 14.5 Å². The van der Waals surface area contributed by atoms with Gasteiger partial charge in [-0.15, -0.1) is 11.3 Å². The molecule has 1 atom stereocenters. The van der Waals surface area contributed by atoms with Crippen LogP contribution in [0, 0.1) is 0 Å². The van der Waals surface area contributed by atoms with Crippen LogP contribution in [-0.4, -0.2) is 68.1 Å². The zero-order valence-electron chi connectivity index (χ0n) is 20.1. The molecular weight excluding hydrogens is 462 g/mol. The van der Waals surface area contributed by atoms with E-state index in [-0.39, 0.29) is 11.8 Å². The van der Waals surface area contributed by atoms with Gasteiger partial charge in [-0.05, 0) is 34.7 Å². The number of benzene rings is 2. The van der Waals surface area contributed by atoms with E-state index in [0.29, 0.717) is 35.9 Å². The number of thiophene rings is 1. The molecule has 0 saturated carbocycles. The molecule has 2 aromatic carbocycles. The van der Waals surface area contributed by atoms with Crippen molar-refractivity contribution in [3.05, 3.63) is 82.0 Å². The predicted molar refractivity (Wildman–Crippen MR) is 137 cm³/mol. The van der Waals surface area contributed by atoms with Crippen molar-refractivity contribution >= 4 is 23.2 Å². The van der Waals surface area contributed by atoms with Gasteiger partial charge in [0.2, 0.25) is 5.91 Å². The number of piperazine rings is 1. The summed E-state index contributed by atoms with van der Waals surface area (Å²) in [5, 5.41) is 4.84. The summed E-state index contributed by atoms with van der Waals surface area (Å²) in [7, 11) is 3.26. The largest absolute Gasteiger partial charge is 0.493 e. The zero-order chi connectivity index (χ0) is 24.6. The van der Waals surface area contributed by atoms with E-state index in [1.807, 2.05) is 64.9 Å². The number of amides is 2. The van der Waals surface area contributed by atoms with Crippen molar-refractivity contribution in [1.29, 1.82) is 0 Å². The average molecular weight is 494 g/mol. The number of ether oxygens (including phenoxy) is 2. The van der Waals surface area contributed by atoms with Gasteiger partial charge in [0.25, 0.3) is 5.91 Å². The first-order valence-corrected chi connectivity index (χ1v) is 12.6. The first-order chi connectivity index (χ1) is 17.1. The molecule has 35 heavy (non-hydrogen) atoms. The Morgan fingerprint density at radius 1 is 0.914 bits per heavy atom. The van der Waals surface area contributed by atoms with Crippen molar-refractivity contribution in [2.45, 2.75) is 19.0 Å². The van der Waals surface area contributed by atoms with Crippen molar-refractivity contribution in [2.75, 3.05) is 40.4 Å². The molecule has 2 heterocycles. The first kappa shape index (κ1) is 24.8. The van der Waals surface area contributed by atoms with E-state index in [0.717, 1.165) is 30.8 Å². The Bertz CT molecular complexity index is 1110. The summed E-state index contributed by atoms with van der Waals surface area (Å²) in [6.45, 7) is 3.53. The minimum atomic E-state index is -0.607. The van der Waals surface area contributed by atoms with Gasteiger partial charge in [0, 0.05) is 39.1 Å². The van der Waals surface area contributed by atoms with E-state index in [1.54, 1.807) is 20.3 Å². The monoisotopic (exact) mass is 493 g/mol. The Kier molecular flexibility index (Phi) is 8.39. The Hall–Kier alpha value is -3.36. The van der Waals surface area contributed by atoms with Crippen LogP contribution < -0.4 is 14.8 Å². The molecule has 1 saturated heterocycles. The van der Waals surface area contributed by atoms with Crippen molar-refractivity contribution in [2.24, 2.45) is 0 Å². The Labute approximate surface area is 210 Å². The van der Waals surface area contributed by atoms with Crippen LogP contribution in [0.3, 0.4) is 0 Å². The number of carbonyl (C=O) groups excluding carboxylic acids is 2. The lowest BCUT2D eigenvalue weighted by Crippen LogP contribution is -2.55. The molecule has 1 fully saturated rings. The maximum Gasteiger partial charge on any atom is 0.262 e. The summed E-state index contributed by atoms with van der Waals surface area (Å²) >= 11 is 1.37.